The van der Waals surface area contributed by atoms with E-state index in [0.717, 1.165) is 6.54 Å². The van der Waals surface area contributed by atoms with E-state index in [1.165, 1.54) is 0 Å². The van der Waals surface area contributed by atoms with Crippen LogP contribution in [0.15, 0.2) is 48.5 Å². The van der Waals surface area contributed by atoms with Gasteiger partial charge >= 0.3 is 0 Å². The predicted molar refractivity (Wildman–Crippen MR) is 189 cm³/mol. The Labute approximate surface area is 298 Å². The van der Waals surface area contributed by atoms with E-state index in [1.807, 2.05) is 0 Å². The molecule has 14 nitrogen and oxygen atoms in total. The van der Waals surface area contributed by atoms with Crippen molar-refractivity contribution in [3.8, 4) is 35.2 Å². The predicted octanol–water partition coefficient (Wildman–Crippen LogP) is 1.72. The lowest BCUT2D eigenvalue weighted by Gasteiger charge is -2.39. The molecule has 0 saturated carbocycles. The molecule has 0 aliphatic carbocycles. The second-order valence-electron chi connectivity index (χ2n) is 12.2. The normalized spacial score (nSPS) is 19.7. The number of amides is 4. The minimum absolute atomic E-state index is 0.263. The van der Waals surface area contributed by atoms with Crippen LogP contribution in [0.5, 0.6) is 11.5 Å². The van der Waals surface area contributed by atoms with Crippen LogP contribution in [-0.2, 0) is 9.59 Å². The number of nitrogens with zero attached hydrogens (tertiary/aromatic N) is 1. The number of carbonyl (C=O) groups excluding carboxylic acids is 4. The van der Waals surface area contributed by atoms with Gasteiger partial charge in [-0.15, -0.1) is 11.8 Å². The van der Waals surface area contributed by atoms with Crippen LogP contribution >= 0.6 is 0 Å². The number of hydroxylamine groups is 2. The minimum atomic E-state index is -0.484. The Morgan fingerprint density at radius 1 is 0.784 bits per heavy atom. The van der Waals surface area contributed by atoms with Crippen LogP contribution in [0.1, 0.15) is 61.3 Å². The fraction of sp³-hybridized carbons (Fsp3) is 0.459. The Kier molecular flexibility index (Phi) is 16.7. The maximum absolute atomic E-state index is 12.6. The summed E-state index contributed by atoms with van der Waals surface area (Å²) in [5, 5.41) is 26.7. The van der Waals surface area contributed by atoms with E-state index in [2.05, 4.69) is 58.4 Å². The molecule has 2 saturated heterocycles. The summed E-state index contributed by atoms with van der Waals surface area (Å²) in [6.45, 7) is 10.7. The van der Waals surface area contributed by atoms with Gasteiger partial charge < -0.3 is 25.4 Å². The van der Waals surface area contributed by atoms with Crippen LogP contribution in [0.2, 0.25) is 0 Å². The van der Waals surface area contributed by atoms with Gasteiger partial charge in [-0.05, 0) is 102 Å². The summed E-state index contributed by atoms with van der Waals surface area (Å²) in [4.78, 5) is 50.9. The van der Waals surface area contributed by atoms with E-state index in [0.29, 0.717) is 74.4 Å². The van der Waals surface area contributed by atoms with Crippen molar-refractivity contribution in [1.29, 1.82) is 0 Å². The van der Waals surface area contributed by atoms with Crippen molar-refractivity contribution in [3.63, 3.8) is 0 Å². The summed E-state index contributed by atoms with van der Waals surface area (Å²) in [5.41, 5.74) is 4.33. The standard InChI is InChI=1S/C20H27N3O4.C17H21N3O4/c1-4-5-12-27-16-8-6-15(7-9-16)19(24)21-18-13-23(14(2)3)11-10-17(18)20(25)22-26;1-2-3-10-24-13-6-4-12(5-7-13)16(21)19-15-11-18-9-8-14(15)17(22)20-23/h6-9,14,17-18,26H,10-13H2,1-3H3,(H,21,24)(H,22,25);4-7,14-15,18,23H,8-11H2,1H3,(H,19,21)(H,20,22)/t17-,18+;14-,15+/m00/s1. The van der Waals surface area contributed by atoms with Crippen LogP contribution in [0.3, 0.4) is 0 Å². The second-order valence-corrected chi connectivity index (χ2v) is 12.2. The molecule has 7 N–H and O–H groups in total. The van der Waals surface area contributed by atoms with Crippen molar-refractivity contribution in [2.24, 2.45) is 11.8 Å². The van der Waals surface area contributed by atoms with Crippen LogP contribution in [0.25, 0.3) is 0 Å². The van der Waals surface area contributed by atoms with Crippen LogP contribution in [0.4, 0.5) is 0 Å². The molecule has 14 heteroatoms. The highest BCUT2D eigenvalue weighted by Crippen LogP contribution is 2.21. The first-order valence-electron chi connectivity index (χ1n) is 16.8. The Morgan fingerprint density at radius 2 is 1.25 bits per heavy atom. The van der Waals surface area contributed by atoms with E-state index in [4.69, 9.17) is 19.9 Å². The van der Waals surface area contributed by atoms with Crippen molar-refractivity contribution in [1.82, 2.24) is 31.8 Å². The summed E-state index contributed by atoms with van der Waals surface area (Å²) in [6.07, 6.45) is 1.11. The third-order valence-electron chi connectivity index (χ3n) is 8.59. The quantitative estimate of drug-likeness (QED) is 0.103. The number of hydrogen-bond donors (Lipinski definition) is 7. The molecule has 2 aliphatic rings. The summed E-state index contributed by atoms with van der Waals surface area (Å²) >= 11 is 0. The molecule has 2 aromatic rings. The number of piperidine rings is 2. The van der Waals surface area contributed by atoms with Crippen molar-refractivity contribution in [2.75, 3.05) is 39.4 Å². The first-order valence-corrected chi connectivity index (χ1v) is 16.8. The minimum Gasteiger partial charge on any atom is -0.481 e. The van der Waals surface area contributed by atoms with Crippen molar-refractivity contribution in [3.05, 3.63) is 59.7 Å². The molecule has 0 unspecified atom stereocenters. The molecule has 0 radical (unpaired) electrons. The molecule has 0 bridgehead atoms. The molecule has 2 aliphatic heterocycles. The average molecular weight is 705 g/mol. The molecule has 2 aromatic carbocycles. The number of ether oxygens (including phenoxy) is 2. The van der Waals surface area contributed by atoms with Crippen LogP contribution in [0, 0.1) is 35.5 Å². The smallest absolute Gasteiger partial charge is 0.251 e. The van der Waals surface area contributed by atoms with E-state index in [9.17, 15) is 19.2 Å². The number of benzene rings is 2. The summed E-state index contributed by atoms with van der Waals surface area (Å²) in [5.74, 6) is 9.93. The molecule has 2 fully saturated rings. The van der Waals surface area contributed by atoms with Crippen molar-refractivity contribution in [2.45, 2.75) is 58.7 Å². The molecule has 4 amide bonds. The third kappa shape index (κ3) is 12.6. The topological polar surface area (TPSA) is 191 Å². The highest BCUT2D eigenvalue weighted by atomic mass is 16.5. The summed E-state index contributed by atoms with van der Waals surface area (Å²) < 4.78 is 10.8. The largest absolute Gasteiger partial charge is 0.481 e. The van der Waals surface area contributed by atoms with Gasteiger partial charge in [0.05, 0.1) is 23.9 Å². The molecular formula is C37H48N6O8. The number of nitrogens with one attached hydrogen (secondary N) is 5. The van der Waals surface area contributed by atoms with Gasteiger partial charge in [-0.3, -0.25) is 34.5 Å². The van der Waals surface area contributed by atoms with Crippen molar-refractivity contribution >= 4 is 23.6 Å². The van der Waals surface area contributed by atoms with Gasteiger partial charge in [-0.2, -0.15) is 0 Å². The van der Waals surface area contributed by atoms with Crippen LogP contribution < -0.4 is 36.4 Å². The fourth-order valence-electron chi connectivity index (χ4n) is 5.69. The number of rotatable bonds is 11. The lowest BCUT2D eigenvalue weighted by Crippen LogP contribution is -2.57. The maximum atomic E-state index is 12.6. The molecule has 274 valence electrons. The molecule has 4 atom stereocenters. The second kappa shape index (κ2) is 21.2. The van der Waals surface area contributed by atoms with Gasteiger partial charge in [-0.1, -0.05) is 11.8 Å². The van der Waals surface area contributed by atoms with Gasteiger partial charge in [0.25, 0.3) is 11.8 Å². The number of likely N-dealkylation sites (tertiary alicyclic amines) is 1. The molecule has 0 spiro atoms. The Hall–Kier alpha value is -5.12. The first kappa shape index (κ1) is 40.3. The maximum Gasteiger partial charge on any atom is 0.251 e. The Balaban J connectivity index is 0.000000277. The Morgan fingerprint density at radius 3 is 1.71 bits per heavy atom. The lowest BCUT2D eigenvalue weighted by atomic mass is 9.90. The third-order valence-corrected chi connectivity index (χ3v) is 8.59. The molecule has 2 heterocycles. The van der Waals surface area contributed by atoms with E-state index in [-0.39, 0.29) is 23.9 Å². The zero-order valence-electron chi connectivity index (χ0n) is 29.5. The summed E-state index contributed by atoms with van der Waals surface area (Å²) in [6, 6.07) is 13.0. The zero-order valence-corrected chi connectivity index (χ0v) is 29.5. The number of carbonyl (C=O) groups is 4. The van der Waals surface area contributed by atoms with E-state index in [1.54, 1.807) is 73.3 Å². The average Bonchev–Trinajstić information content (AvgIpc) is 3.15. The highest BCUT2D eigenvalue weighted by molar-refractivity contribution is 5.95. The monoisotopic (exact) mass is 704 g/mol. The molecular weight excluding hydrogens is 656 g/mol. The van der Waals surface area contributed by atoms with E-state index >= 15 is 0 Å². The van der Waals surface area contributed by atoms with Gasteiger partial charge in [0.2, 0.25) is 11.8 Å². The van der Waals surface area contributed by atoms with Crippen LogP contribution in [-0.4, -0.2) is 96.5 Å². The molecule has 0 aromatic heterocycles. The fourth-order valence-corrected chi connectivity index (χ4v) is 5.69. The molecule has 4 rings (SSSR count). The first-order chi connectivity index (χ1) is 24.6. The molecule has 51 heavy (non-hydrogen) atoms. The highest BCUT2D eigenvalue weighted by Gasteiger charge is 2.36. The van der Waals surface area contributed by atoms with Crippen molar-refractivity contribution < 1.29 is 39.1 Å². The zero-order chi connectivity index (χ0) is 37.2. The van der Waals surface area contributed by atoms with Gasteiger partial charge in [-0.25, -0.2) is 11.0 Å². The summed E-state index contributed by atoms with van der Waals surface area (Å²) in [7, 11) is 0. The lowest BCUT2D eigenvalue weighted by molar-refractivity contribution is -0.136. The SMILES string of the molecule is CC#CCOc1ccc(C(=O)N[C@@H]2CN(C(C)C)CC[C@@H]2C(=O)NO)cc1.CC#CCOc1ccc(C(=O)N[C@@H]2CNCC[C@@H]2C(=O)NO)cc1. The van der Waals surface area contributed by atoms with E-state index < -0.39 is 23.7 Å². The van der Waals surface area contributed by atoms with Gasteiger partial charge in [0.1, 0.15) is 24.7 Å². The van der Waals surface area contributed by atoms with Gasteiger partial charge in [0.15, 0.2) is 0 Å². The van der Waals surface area contributed by atoms with Gasteiger partial charge in [0, 0.05) is 30.3 Å². The number of hydrogen-bond acceptors (Lipinski definition) is 10. The Bertz CT molecular complexity index is 1580.